The van der Waals surface area contributed by atoms with Crippen molar-refractivity contribution in [1.82, 2.24) is 0 Å². The van der Waals surface area contributed by atoms with Gasteiger partial charge in [-0.2, -0.15) is 4.91 Å². The maximum absolute atomic E-state index is 12.6. The van der Waals surface area contributed by atoms with Gasteiger partial charge in [0.25, 0.3) is 0 Å². The fraction of sp³-hybridized carbons (Fsp3) is 0.250. The molecule has 0 bridgehead atoms. The van der Waals surface area contributed by atoms with Gasteiger partial charge in [0.05, 0.1) is 0 Å². The van der Waals surface area contributed by atoms with Crippen LogP contribution in [-0.2, 0) is 0 Å². The lowest BCUT2D eigenvalue weighted by molar-refractivity contribution is 0.506. The van der Waals surface area contributed by atoms with Gasteiger partial charge in [-0.25, -0.2) is 8.78 Å². The highest BCUT2D eigenvalue weighted by atomic mass is 19.2. The van der Waals surface area contributed by atoms with Crippen LogP contribution in [0.3, 0.4) is 0 Å². The van der Waals surface area contributed by atoms with Crippen LogP contribution in [-0.4, -0.2) is 0 Å². The molecule has 0 fully saturated rings. The summed E-state index contributed by atoms with van der Waals surface area (Å²) in [5.74, 6) is -1.88. The highest BCUT2D eigenvalue weighted by molar-refractivity contribution is 5.20. The van der Waals surface area contributed by atoms with Crippen molar-refractivity contribution in [1.29, 1.82) is 0 Å². The van der Waals surface area contributed by atoms with E-state index in [9.17, 15) is 13.7 Å². The van der Waals surface area contributed by atoms with E-state index in [1.807, 2.05) is 0 Å². The molecule has 0 radical (unpaired) electrons. The fourth-order valence-corrected chi connectivity index (χ4v) is 0.833. The first-order valence-electron chi connectivity index (χ1n) is 3.42. The molecule has 0 aliphatic carbocycles. The van der Waals surface area contributed by atoms with Crippen LogP contribution in [0.4, 0.5) is 8.78 Å². The molecule has 64 valence electrons. The SMILES string of the molecule is CC(N=O)c1ccc(F)c(F)c1. The Hall–Kier alpha value is -1.32. The van der Waals surface area contributed by atoms with Gasteiger partial charge in [0, 0.05) is 0 Å². The second kappa shape index (κ2) is 3.38. The van der Waals surface area contributed by atoms with E-state index in [-0.39, 0.29) is 0 Å². The third-order valence-corrected chi connectivity index (χ3v) is 1.58. The van der Waals surface area contributed by atoms with Crippen LogP contribution in [0, 0.1) is 16.5 Å². The number of nitrogens with zero attached hydrogens (tertiary/aromatic N) is 1. The molecule has 1 rings (SSSR count). The number of hydrogen-bond acceptors (Lipinski definition) is 2. The molecule has 2 nitrogen and oxygen atoms in total. The second-order valence-electron chi connectivity index (χ2n) is 2.45. The van der Waals surface area contributed by atoms with Gasteiger partial charge < -0.3 is 0 Å². The van der Waals surface area contributed by atoms with Crippen LogP contribution in [0.5, 0.6) is 0 Å². The first-order valence-corrected chi connectivity index (χ1v) is 3.42. The molecule has 0 saturated heterocycles. The van der Waals surface area contributed by atoms with E-state index in [1.165, 1.54) is 13.0 Å². The Morgan fingerprint density at radius 3 is 2.50 bits per heavy atom. The lowest BCUT2D eigenvalue weighted by Crippen LogP contribution is -1.91. The molecule has 0 aromatic heterocycles. The first kappa shape index (κ1) is 8.77. The maximum Gasteiger partial charge on any atom is 0.159 e. The summed E-state index contributed by atoms with van der Waals surface area (Å²) in [6.07, 6.45) is 0. The topological polar surface area (TPSA) is 29.4 Å². The maximum atomic E-state index is 12.6. The van der Waals surface area contributed by atoms with Crippen LogP contribution >= 0.6 is 0 Å². The monoisotopic (exact) mass is 171 g/mol. The quantitative estimate of drug-likeness (QED) is 0.629. The zero-order chi connectivity index (χ0) is 9.14. The number of halogens is 2. The van der Waals surface area contributed by atoms with Crippen LogP contribution in [0.2, 0.25) is 0 Å². The summed E-state index contributed by atoms with van der Waals surface area (Å²) in [7, 11) is 0. The van der Waals surface area contributed by atoms with Crippen LogP contribution in [0.15, 0.2) is 23.4 Å². The van der Waals surface area contributed by atoms with Crippen LogP contribution in [0.25, 0.3) is 0 Å². The van der Waals surface area contributed by atoms with Crippen LogP contribution in [0.1, 0.15) is 18.5 Å². The lowest BCUT2D eigenvalue weighted by atomic mass is 10.1. The van der Waals surface area contributed by atoms with E-state index < -0.39 is 17.7 Å². The van der Waals surface area contributed by atoms with Gasteiger partial charge in [0.15, 0.2) is 11.6 Å². The van der Waals surface area contributed by atoms with E-state index in [0.29, 0.717) is 5.56 Å². The lowest BCUT2D eigenvalue weighted by Gasteiger charge is -2.02. The van der Waals surface area contributed by atoms with Crippen molar-refractivity contribution in [2.45, 2.75) is 13.0 Å². The van der Waals surface area contributed by atoms with E-state index in [2.05, 4.69) is 5.18 Å². The minimum absolute atomic E-state index is 0.379. The summed E-state index contributed by atoms with van der Waals surface area (Å²) in [6, 6.07) is 2.65. The summed E-state index contributed by atoms with van der Waals surface area (Å²) < 4.78 is 24.9. The van der Waals surface area contributed by atoms with E-state index >= 15 is 0 Å². The normalized spacial score (nSPS) is 12.6. The Morgan fingerprint density at radius 1 is 1.33 bits per heavy atom. The number of benzene rings is 1. The van der Waals surface area contributed by atoms with Crippen molar-refractivity contribution >= 4 is 0 Å². The average molecular weight is 171 g/mol. The summed E-state index contributed by atoms with van der Waals surface area (Å²) in [6.45, 7) is 1.51. The van der Waals surface area contributed by atoms with Gasteiger partial charge in [-0.1, -0.05) is 11.2 Å². The minimum Gasteiger partial charge on any atom is -0.204 e. The molecule has 0 aliphatic heterocycles. The highest BCUT2D eigenvalue weighted by Gasteiger charge is 2.08. The Bertz CT molecular complexity index is 301. The molecule has 1 atom stereocenters. The molecule has 0 saturated carbocycles. The molecule has 12 heavy (non-hydrogen) atoms. The van der Waals surface area contributed by atoms with Gasteiger partial charge in [-0.05, 0) is 24.6 Å². The van der Waals surface area contributed by atoms with Crippen molar-refractivity contribution in [3.8, 4) is 0 Å². The Kier molecular flexibility index (Phi) is 2.47. The summed E-state index contributed by atoms with van der Waals surface area (Å²) in [4.78, 5) is 10.0. The van der Waals surface area contributed by atoms with Gasteiger partial charge in [-0.15, -0.1) is 0 Å². The molecule has 1 aromatic rings. The summed E-state index contributed by atoms with van der Waals surface area (Å²) >= 11 is 0. The molecule has 0 spiro atoms. The molecular formula is C8H7F2NO. The number of hydrogen-bond donors (Lipinski definition) is 0. The molecule has 4 heteroatoms. The van der Waals surface area contributed by atoms with Gasteiger partial charge in [0.2, 0.25) is 0 Å². The fourth-order valence-electron chi connectivity index (χ4n) is 0.833. The second-order valence-corrected chi connectivity index (χ2v) is 2.45. The summed E-state index contributed by atoms with van der Waals surface area (Å²) in [5, 5.41) is 2.69. The third-order valence-electron chi connectivity index (χ3n) is 1.58. The molecule has 0 N–H and O–H groups in total. The van der Waals surface area contributed by atoms with E-state index in [0.717, 1.165) is 12.1 Å². The van der Waals surface area contributed by atoms with Crippen molar-refractivity contribution in [3.63, 3.8) is 0 Å². The van der Waals surface area contributed by atoms with Gasteiger partial charge in [0.1, 0.15) is 6.04 Å². The molecule has 0 aliphatic rings. The van der Waals surface area contributed by atoms with Crippen LogP contribution < -0.4 is 0 Å². The molecule has 1 aromatic carbocycles. The van der Waals surface area contributed by atoms with E-state index in [1.54, 1.807) is 0 Å². The summed E-state index contributed by atoms with van der Waals surface area (Å²) in [5.41, 5.74) is 0.379. The first-order chi connectivity index (χ1) is 5.65. The number of nitroso groups, excluding NO2 is 1. The third kappa shape index (κ3) is 1.64. The predicted molar refractivity (Wildman–Crippen MR) is 40.6 cm³/mol. The van der Waals surface area contributed by atoms with Gasteiger partial charge >= 0.3 is 0 Å². The number of rotatable bonds is 2. The van der Waals surface area contributed by atoms with E-state index in [4.69, 9.17) is 0 Å². The van der Waals surface area contributed by atoms with Crippen molar-refractivity contribution in [3.05, 3.63) is 40.3 Å². The van der Waals surface area contributed by atoms with Crippen molar-refractivity contribution < 1.29 is 8.78 Å². The smallest absolute Gasteiger partial charge is 0.159 e. The Labute approximate surface area is 68.2 Å². The highest BCUT2D eigenvalue weighted by Crippen LogP contribution is 2.18. The zero-order valence-electron chi connectivity index (χ0n) is 6.42. The molecule has 1 unspecified atom stereocenters. The van der Waals surface area contributed by atoms with Gasteiger partial charge in [-0.3, -0.25) is 0 Å². The molecule has 0 heterocycles. The Morgan fingerprint density at radius 2 is 2.00 bits per heavy atom. The predicted octanol–water partition coefficient (Wildman–Crippen LogP) is 2.79. The average Bonchev–Trinajstić information content (AvgIpc) is 2.08. The molecule has 0 amide bonds. The zero-order valence-corrected chi connectivity index (χ0v) is 6.42. The largest absolute Gasteiger partial charge is 0.204 e. The Balaban J connectivity index is 3.04. The van der Waals surface area contributed by atoms with Crippen molar-refractivity contribution in [2.75, 3.05) is 0 Å². The standard InChI is InChI=1S/C8H7F2NO/c1-5(11-12)6-2-3-7(9)8(10)4-6/h2-5H,1H3. The van der Waals surface area contributed by atoms with Crippen molar-refractivity contribution in [2.24, 2.45) is 5.18 Å². The minimum atomic E-state index is -0.956. The molecular weight excluding hydrogens is 164 g/mol.